The first-order valence-electron chi connectivity index (χ1n) is 9.79. The molecule has 8 heteroatoms. The molecule has 0 bridgehead atoms. The van der Waals surface area contributed by atoms with Crippen LogP contribution in [0.25, 0.3) is 10.8 Å². The summed E-state index contributed by atoms with van der Waals surface area (Å²) in [7, 11) is 7.42. The van der Waals surface area contributed by atoms with E-state index >= 15 is 0 Å². The second kappa shape index (κ2) is 10.3. The van der Waals surface area contributed by atoms with E-state index in [1.165, 1.54) is 4.90 Å². The smallest absolute Gasteiger partial charge is 0.261 e. The fraction of sp³-hybridized carbons (Fsp3) is 0.429. The lowest BCUT2D eigenvalue weighted by Crippen LogP contribution is -2.41. The van der Waals surface area contributed by atoms with Crippen molar-refractivity contribution in [1.82, 2.24) is 9.80 Å². The van der Waals surface area contributed by atoms with Gasteiger partial charge in [-0.25, -0.2) is 0 Å². The molecule has 3 N–H and O–H groups in total. The number of nitrogens with two attached hydrogens (primary N) is 1. The van der Waals surface area contributed by atoms with Gasteiger partial charge in [0.25, 0.3) is 11.8 Å². The van der Waals surface area contributed by atoms with E-state index in [1.54, 1.807) is 21.6 Å². The molecule has 0 aromatic heterocycles. The quantitative estimate of drug-likeness (QED) is 0.321. The molecule has 3 rings (SSSR count). The van der Waals surface area contributed by atoms with Crippen LogP contribution >= 0.6 is 21.6 Å². The van der Waals surface area contributed by atoms with Gasteiger partial charge in [0, 0.05) is 58.7 Å². The van der Waals surface area contributed by atoms with Gasteiger partial charge in [0.05, 0.1) is 0 Å². The summed E-state index contributed by atoms with van der Waals surface area (Å²) >= 11 is 0. The van der Waals surface area contributed by atoms with Crippen LogP contribution < -0.4 is 11.1 Å². The Kier molecular flexibility index (Phi) is 7.83. The average molecular weight is 433 g/mol. The molecule has 0 radical (unpaired) electrons. The van der Waals surface area contributed by atoms with Crippen LogP contribution in [0.1, 0.15) is 27.1 Å². The maximum Gasteiger partial charge on any atom is 0.261 e. The molecular weight excluding hydrogens is 404 g/mol. The molecule has 1 aliphatic rings. The maximum atomic E-state index is 13.0. The Bertz CT molecular complexity index is 866. The summed E-state index contributed by atoms with van der Waals surface area (Å²) in [6.45, 7) is 2.87. The van der Waals surface area contributed by atoms with Gasteiger partial charge in [-0.1, -0.05) is 33.7 Å². The van der Waals surface area contributed by atoms with E-state index in [1.807, 2.05) is 30.3 Å². The predicted molar refractivity (Wildman–Crippen MR) is 125 cm³/mol. The third-order valence-corrected chi connectivity index (χ3v) is 7.19. The number of carbonyl (C=O) groups is 2. The summed E-state index contributed by atoms with van der Waals surface area (Å²) in [5.41, 5.74) is 7.67. The van der Waals surface area contributed by atoms with E-state index in [9.17, 15) is 9.59 Å². The average Bonchev–Trinajstić information content (AvgIpc) is 2.71. The number of benzene rings is 2. The molecule has 6 nitrogen and oxygen atoms in total. The van der Waals surface area contributed by atoms with Crippen molar-refractivity contribution in [3.05, 3.63) is 41.5 Å². The van der Waals surface area contributed by atoms with Crippen LogP contribution in [0.3, 0.4) is 0 Å². The number of carbonyl (C=O) groups excluding carboxylic acids is 2. The standard InChI is InChI=1S/C21H28N4O2S2/c1-24(2)11-4-10-23-18-8-7-17-19-15(18)5-3-6-16(19)20(26)25(21(17)27)12-14-29-28-13-9-22/h3,5-8,23H,4,9-14,22H2,1-2H3. The maximum absolute atomic E-state index is 13.0. The van der Waals surface area contributed by atoms with Crippen molar-refractivity contribution < 1.29 is 9.59 Å². The SMILES string of the molecule is CN(C)CCCNc1ccc2c3c(cccc13)C(=O)N(CCSSCCN)C2=O. The van der Waals surface area contributed by atoms with Gasteiger partial charge in [0.15, 0.2) is 0 Å². The first kappa shape index (κ1) is 22.0. The molecular formula is C21H28N4O2S2. The molecule has 29 heavy (non-hydrogen) atoms. The van der Waals surface area contributed by atoms with Gasteiger partial charge in [0.1, 0.15) is 0 Å². The second-order valence-corrected chi connectivity index (χ2v) is 9.87. The first-order valence-corrected chi connectivity index (χ1v) is 12.3. The van der Waals surface area contributed by atoms with Crippen LogP contribution in [-0.4, -0.2) is 73.4 Å². The second-order valence-electron chi connectivity index (χ2n) is 7.17. The molecule has 156 valence electrons. The molecule has 0 aliphatic carbocycles. The molecule has 0 unspecified atom stereocenters. The van der Waals surface area contributed by atoms with E-state index in [0.717, 1.165) is 41.7 Å². The number of rotatable bonds is 11. The molecule has 2 aromatic rings. The number of amides is 2. The van der Waals surface area contributed by atoms with Gasteiger partial charge in [-0.15, -0.1) is 0 Å². The Morgan fingerprint density at radius 1 is 1.03 bits per heavy atom. The number of nitrogens with zero attached hydrogens (tertiary/aromatic N) is 2. The van der Waals surface area contributed by atoms with Crippen molar-refractivity contribution in [2.24, 2.45) is 5.73 Å². The third kappa shape index (κ3) is 5.06. The molecule has 0 atom stereocenters. The lowest BCUT2D eigenvalue weighted by molar-refractivity contribution is 0.0621. The molecule has 1 aliphatic heterocycles. The summed E-state index contributed by atoms with van der Waals surface area (Å²) in [5.74, 6) is 1.14. The zero-order chi connectivity index (χ0) is 20.8. The van der Waals surface area contributed by atoms with E-state index in [4.69, 9.17) is 5.73 Å². The van der Waals surface area contributed by atoms with E-state index in [0.29, 0.717) is 30.0 Å². The molecule has 0 spiro atoms. The highest BCUT2D eigenvalue weighted by Crippen LogP contribution is 2.34. The third-order valence-electron chi connectivity index (χ3n) is 4.77. The fourth-order valence-corrected chi connectivity index (χ4v) is 5.22. The Balaban J connectivity index is 1.80. The highest BCUT2D eigenvalue weighted by atomic mass is 33.1. The molecule has 2 amide bonds. The Morgan fingerprint density at radius 3 is 2.48 bits per heavy atom. The predicted octanol–water partition coefficient (Wildman–Crippen LogP) is 3.14. The summed E-state index contributed by atoms with van der Waals surface area (Å²) in [6.07, 6.45) is 1.02. The highest BCUT2D eigenvalue weighted by molar-refractivity contribution is 8.76. The molecule has 2 aromatic carbocycles. The van der Waals surface area contributed by atoms with Crippen LogP contribution in [0.4, 0.5) is 5.69 Å². The highest BCUT2D eigenvalue weighted by Gasteiger charge is 2.32. The minimum Gasteiger partial charge on any atom is -0.384 e. The minimum absolute atomic E-state index is 0.206. The number of hydrogen-bond acceptors (Lipinski definition) is 7. The first-order chi connectivity index (χ1) is 14.0. The summed E-state index contributed by atoms with van der Waals surface area (Å²) < 4.78 is 0. The Hall–Kier alpha value is -1.74. The van der Waals surface area contributed by atoms with Crippen molar-refractivity contribution in [1.29, 1.82) is 0 Å². The monoisotopic (exact) mass is 432 g/mol. The van der Waals surface area contributed by atoms with Crippen molar-refractivity contribution in [3.8, 4) is 0 Å². The Labute approximate surface area is 180 Å². The lowest BCUT2D eigenvalue weighted by atomic mass is 9.93. The van der Waals surface area contributed by atoms with Crippen molar-refractivity contribution in [2.45, 2.75) is 6.42 Å². The summed E-state index contributed by atoms with van der Waals surface area (Å²) in [6, 6.07) is 9.49. The van der Waals surface area contributed by atoms with Gasteiger partial charge >= 0.3 is 0 Å². The Morgan fingerprint density at radius 2 is 1.76 bits per heavy atom. The zero-order valence-corrected chi connectivity index (χ0v) is 18.6. The zero-order valence-electron chi connectivity index (χ0n) is 16.9. The van der Waals surface area contributed by atoms with Gasteiger partial charge in [-0.3, -0.25) is 14.5 Å². The van der Waals surface area contributed by atoms with E-state index in [2.05, 4.69) is 24.3 Å². The topological polar surface area (TPSA) is 78.7 Å². The van der Waals surface area contributed by atoms with Crippen molar-refractivity contribution >= 4 is 49.9 Å². The van der Waals surface area contributed by atoms with Crippen LogP contribution in [0, 0.1) is 0 Å². The van der Waals surface area contributed by atoms with Gasteiger partial charge in [-0.05, 0) is 45.3 Å². The molecule has 1 heterocycles. The van der Waals surface area contributed by atoms with Gasteiger partial charge < -0.3 is 16.0 Å². The van der Waals surface area contributed by atoms with E-state index in [-0.39, 0.29) is 11.8 Å². The van der Waals surface area contributed by atoms with Gasteiger partial charge in [-0.2, -0.15) is 0 Å². The lowest BCUT2D eigenvalue weighted by Gasteiger charge is -2.27. The summed E-state index contributed by atoms with van der Waals surface area (Å²) in [4.78, 5) is 29.6. The van der Waals surface area contributed by atoms with Gasteiger partial charge in [0.2, 0.25) is 0 Å². The number of anilines is 1. The fourth-order valence-electron chi connectivity index (χ4n) is 3.42. The molecule has 0 saturated heterocycles. The summed E-state index contributed by atoms with van der Waals surface area (Å²) in [5, 5.41) is 5.16. The largest absolute Gasteiger partial charge is 0.384 e. The van der Waals surface area contributed by atoms with Crippen LogP contribution in [0.15, 0.2) is 30.3 Å². The van der Waals surface area contributed by atoms with Crippen LogP contribution in [0.5, 0.6) is 0 Å². The van der Waals surface area contributed by atoms with Crippen LogP contribution in [-0.2, 0) is 0 Å². The molecule has 0 saturated carbocycles. The molecule has 0 fully saturated rings. The van der Waals surface area contributed by atoms with Crippen molar-refractivity contribution in [3.63, 3.8) is 0 Å². The van der Waals surface area contributed by atoms with E-state index < -0.39 is 0 Å². The number of imide groups is 1. The van der Waals surface area contributed by atoms with Crippen LogP contribution in [0.2, 0.25) is 0 Å². The van der Waals surface area contributed by atoms with Crippen molar-refractivity contribution in [2.75, 3.05) is 57.1 Å². The minimum atomic E-state index is -0.206. The normalized spacial score (nSPS) is 13.6. The number of hydrogen-bond donors (Lipinski definition) is 2. The number of nitrogens with one attached hydrogen (secondary N) is 1.